The van der Waals surface area contributed by atoms with Crippen LogP contribution in [0.5, 0.6) is 0 Å². The number of nitrogens with one attached hydrogen (secondary N) is 1. The molecule has 0 bridgehead atoms. The largest absolute Gasteiger partial charge is 0.363 e. The lowest BCUT2D eigenvalue weighted by molar-refractivity contribution is 0.470. The predicted octanol–water partition coefficient (Wildman–Crippen LogP) is 4.75. The van der Waals surface area contributed by atoms with E-state index in [0.29, 0.717) is 6.54 Å². The molecule has 23 heavy (non-hydrogen) atoms. The monoisotopic (exact) mass is 376 g/mol. The van der Waals surface area contributed by atoms with E-state index in [9.17, 15) is 8.78 Å². The lowest BCUT2D eigenvalue weighted by Gasteiger charge is -2.07. The fraction of sp³-hybridized carbons (Fsp3) is 0.286. The Balaban J connectivity index is 2.02. The lowest BCUT2D eigenvalue weighted by atomic mass is 10.2. The molecule has 0 saturated carbocycles. The van der Waals surface area contributed by atoms with E-state index in [1.165, 1.54) is 4.52 Å². The maximum Gasteiger partial charge on any atom is 0.243 e. The Morgan fingerprint density at radius 3 is 2.87 bits per heavy atom. The highest BCUT2D eigenvalue weighted by molar-refractivity contribution is 7.09. The summed E-state index contributed by atoms with van der Waals surface area (Å²) in [6, 6.07) is 3.87. The maximum absolute atomic E-state index is 14.7. The van der Waals surface area contributed by atoms with E-state index in [0.717, 1.165) is 4.88 Å². The summed E-state index contributed by atoms with van der Waals surface area (Å²) in [6.45, 7) is -0.0688. The van der Waals surface area contributed by atoms with Crippen LogP contribution in [0, 0.1) is 5.82 Å². The van der Waals surface area contributed by atoms with E-state index in [2.05, 4.69) is 15.4 Å². The van der Waals surface area contributed by atoms with Crippen LogP contribution in [0.25, 0.3) is 5.52 Å². The average molecular weight is 377 g/mol. The Kier molecular flexibility index (Phi) is 4.99. The van der Waals surface area contributed by atoms with Crippen molar-refractivity contribution in [2.24, 2.45) is 0 Å². The van der Waals surface area contributed by atoms with Crippen molar-refractivity contribution >= 4 is 45.9 Å². The van der Waals surface area contributed by atoms with Crippen molar-refractivity contribution in [3.63, 3.8) is 0 Å². The molecule has 3 aromatic heterocycles. The van der Waals surface area contributed by atoms with Crippen LogP contribution in [0.3, 0.4) is 0 Å². The molecule has 3 heterocycles. The second-order valence-corrected chi connectivity index (χ2v) is 6.53. The molecule has 0 aliphatic carbocycles. The van der Waals surface area contributed by atoms with Gasteiger partial charge in [0.15, 0.2) is 11.6 Å². The summed E-state index contributed by atoms with van der Waals surface area (Å²) in [5.74, 6) is -0.293. The first-order valence-electron chi connectivity index (χ1n) is 6.86. The predicted molar refractivity (Wildman–Crippen MR) is 88.9 cm³/mol. The van der Waals surface area contributed by atoms with E-state index in [4.69, 9.17) is 23.2 Å². The molecular formula is C14H12Cl2F2N4S. The summed E-state index contributed by atoms with van der Waals surface area (Å²) >= 11 is 13.6. The Hall–Kier alpha value is -1.44. The van der Waals surface area contributed by atoms with Crippen LogP contribution in [0.2, 0.25) is 10.4 Å². The second-order valence-electron chi connectivity index (χ2n) is 4.80. The van der Waals surface area contributed by atoms with Gasteiger partial charge in [0.25, 0.3) is 0 Å². The Labute approximate surface area is 145 Å². The number of rotatable bonds is 6. The molecule has 0 saturated heterocycles. The maximum atomic E-state index is 14.7. The lowest BCUT2D eigenvalue weighted by Crippen LogP contribution is -2.05. The van der Waals surface area contributed by atoms with Gasteiger partial charge in [0.1, 0.15) is 10.7 Å². The molecule has 0 aliphatic rings. The van der Waals surface area contributed by atoms with Crippen LogP contribution in [0.15, 0.2) is 17.5 Å². The van der Waals surface area contributed by atoms with Gasteiger partial charge >= 0.3 is 0 Å². The molecule has 9 heteroatoms. The van der Waals surface area contributed by atoms with E-state index in [-0.39, 0.29) is 40.2 Å². The van der Waals surface area contributed by atoms with Gasteiger partial charge in [0.2, 0.25) is 5.28 Å². The molecule has 0 aromatic carbocycles. The third-order valence-corrected chi connectivity index (χ3v) is 4.73. The zero-order chi connectivity index (χ0) is 16.4. The molecular weight excluding hydrogens is 365 g/mol. The van der Waals surface area contributed by atoms with Gasteiger partial charge in [-0.3, -0.25) is 4.39 Å². The minimum atomic E-state index is -0.547. The fourth-order valence-corrected chi connectivity index (χ4v) is 3.37. The molecule has 122 valence electrons. The normalized spacial score (nSPS) is 11.3. The fourth-order valence-electron chi connectivity index (χ4n) is 2.26. The van der Waals surface area contributed by atoms with Crippen molar-refractivity contribution in [3.8, 4) is 0 Å². The summed E-state index contributed by atoms with van der Waals surface area (Å²) in [4.78, 5) is 5.11. The van der Waals surface area contributed by atoms with Gasteiger partial charge in [-0.05, 0) is 35.9 Å². The Morgan fingerprint density at radius 1 is 1.35 bits per heavy atom. The molecule has 0 spiro atoms. The smallest absolute Gasteiger partial charge is 0.243 e. The highest BCUT2D eigenvalue weighted by atomic mass is 35.5. The van der Waals surface area contributed by atoms with Crippen molar-refractivity contribution in [1.82, 2.24) is 14.6 Å². The van der Waals surface area contributed by atoms with Gasteiger partial charge < -0.3 is 5.32 Å². The van der Waals surface area contributed by atoms with Crippen LogP contribution in [-0.2, 0) is 13.0 Å². The van der Waals surface area contributed by atoms with Crippen LogP contribution in [0.1, 0.15) is 16.9 Å². The zero-order valence-corrected chi connectivity index (χ0v) is 14.2. The van der Waals surface area contributed by atoms with Crippen LogP contribution in [-0.4, -0.2) is 21.3 Å². The molecule has 3 rings (SSSR count). The van der Waals surface area contributed by atoms with Gasteiger partial charge in [0.05, 0.1) is 13.2 Å². The third kappa shape index (κ3) is 3.27. The van der Waals surface area contributed by atoms with E-state index < -0.39 is 12.5 Å². The summed E-state index contributed by atoms with van der Waals surface area (Å²) in [5, 5.41) is 8.97. The summed E-state index contributed by atoms with van der Waals surface area (Å²) < 4.78 is 28.3. The Bertz CT molecular complexity index is 820. The van der Waals surface area contributed by atoms with Gasteiger partial charge in [-0.2, -0.15) is 4.98 Å². The van der Waals surface area contributed by atoms with Gasteiger partial charge in [-0.1, -0.05) is 17.7 Å². The SMILES string of the molecule is FCCCc1c(F)c2c(NCc3cccs3)nc(Cl)nn2c1Cl. The summed E-state index contributed by atoms with van der Waals surface area (Å²) in [6.07, 6.45) is 0.374. The molecule has 0 amide bonds. The molecule has 0 unspecified atom stereocenters. The van der Waals surface area contributed by atoms with Gasteiger partial charge in [-0.15, -0.1) is 16.4 Å². The first-order valence-corrected chi connectivity index (χ1v) is 8.49. The quantitative estimate of drug-likeness (QED) is 0.674. The molecule has 0 radical (unpaired) electrons. The molecule has 1 N–H and O–H groups in total. The van der Waals surface area contributed by atoms with Crippen molar-refractivity contribution in [2.45, 2.75) is 19.4 Å². The Morgan fingerprint density at radius 2 is 2.17 bits per heavy atom. The molecule has 0 atom stereocenters. The standard InChI is InChI=1S/C14H12Cl2F2N4S/c15-12-9(4-1-5-17)10(18)11-13(20-14(16)21-22(11)12)19-7-8-3-2-6-23-8/h2-3,6H,1,4-5,7H2,(H,19,20,21). The van der Waals surface area contributed by atoms with Gasteiger partial charge in [-0.25, -0.2) is 8.91 Å². The number of halogens is 4. The summed E-state index contributed by atoms with van der Waals surface area (Å²) in [7, 11) is 0. The number of alkyl halides is 1. The number of aromatic nitrogens is 3. The van der Waals surface area contributed by atoms with Crippen LogP contribution >= 0.6 is 34.5 Å². The first kappa shape index (κ1) is 16.4. The molecule has 4 nitrogen and oxygen atoms in total. The molecule has 0 fully saturated rings. The second kappa shape index (κ2) is 6.98. The van der Waals surface area contributed by atoms with Gasteiger partial charge in [0, 0.05) is 10.4 Å². The topological polar surface area (TPSA) is 42.2 Å². The highest BCUT2D eigenvalue weighted by Crippen LogP contribution is 2.31. The minimum absolute atomic E-state index is 0.0554. The van der Waals surface area contributed by atoms with Crippen molar-refractivity contribution in [1.29, 1.82) is 0 Å². The van der Waals surface area contributed by atoms with E-state index >= 15 is 0 Å². The van der Waals surface area contributed by atoms with Crippen molar-refractivity contribution < 1.29 is 8.78 Å². The molecule has 3 aromatic rings. The summed E-state index contributed by atoms with van der Waals surface area (Å²) in [5.41, 5.74) is 0.338. The first-order chi connectivity index (χ1) is 11.1. The van der Waals surface area contributed by atoms with Crippen LogP contribution in [0.4, 0.5) is 14.6 Å². The zero-order valence-electron chi connectivity index (χ0n) is 11.8. The molecule has 0 aliphatic heterocycles. The third-order valence-electron chi connectivity index (χ3n) is 3.30. The van der Waals surface area contributed by atoms with Crippen LogP contribution < -0.4 is 5.32 Å². The number of hydrogen-bond donors (Lipinski definition) is 1. The number of nitrogens with zero attached hydrogens (tertiary/aromatic N) is 3. The number of thiophene rings is 1. The van der Waals surface area contributed by atoms with Crippen molar-refractivity contribution in [3.05, 3.63) is 44.2 Å². The number of fused-ring (bicyclic) bond motifs is 1. The van der Waals surface area contributed by atoms with E-state index in [1.807, 2.05) is 17.5 Å². The number of hydrogen-bond acceptors (Lipinski definition) is 4. The number of anilines is 1. The minimum Gasteiger partial charge on any atom is -0.363 e. The highest BCUT2D eigenvalue weighted by Gasteiger charge is 2.22. The van der Waals surface area contributed by atoms with Crippen molar-refractivity contribution in [2.75, 3.05) is 12.0 Å². The van der Waals surface area contributed by atoms with E-state index in [1.54, 1.807) is 11.3 Å². The average Bonchev–Trinajstić information content (AvgIpc) is 3.12.